The molecular weight excluding hydrogens is 412 g/mol. The van der Waals surface area contributed by atoms with Crippen molar-refractivity contribution in [3.05, 3.63) is 76.2 Å². The first-order chi connectivity index (χ1) is 15.8. The number of anilines is 1. The summed E-state index contributed by atoms with van der Waals surface area (Å²) in [6, 6.07) is 16.1. The largest absolute Gasteiger partial charge is 0.492 e. The second-order valence-electron chi connectivity index (χ2n) is 9.17. The molecule has 6 heteroatoms. The molecule has 0 aliphatic carbocycles. The quantitative estimate of drug-likeness (QED) is 0.383. The molecule has 4 rings (SSSR count). The van der Waals surface area contributed by atoms with Crippen LogP contribution in [0.25, 0.3) is 21.7 Å². The Morgan fingerprint density at radius 2 is 1.85 bits per heavy atom. The summed E-state index contributed by atoms with van der Waals surface area (Å²) in [5.41, 5.74) is 9.24. The molecule has 0 spiro atoms. The molecule has 3 N–H and O–H groups in total. The second kappa shape index (κ2) is 9.63. The van der Waals surface area contributed by atoms with Crippen LogP contribution in [-0.2, 0) is 13.6 Å². The number of nitrogens with zero attached hydrogens (tertiary/aromatic N) is 2. The minimum Gasteiger partial charge on any atom is -0.492 e. The van der Waals surface area contributed by atoms with Gasteiger partial charge in [0, 0.05) is 42.7 Å². The summed E-state index contributed by atoms with van der Waals surface area (Å²) in [5, 5.41) is 5.79. The Morgan fingerprint density at radius 3 is 2.58 bits per heavy atom. The van der Waals surface area contributed by atoms with Crippen LogP contribution in [0.5, 0.6) is 5.75 Å². The number of pyridine rings is 2. The third-order valence-electron chi connectivity index (χ3n) is 5.91. The van der Waals surface area contributed by atoms with E-state index in [4.69, 9.17) is 10.5 Å². The molecule has 2 heterocycles. The van der Waals surface area contributed by atoms with Crippen LogP contribution in [0.3, 0.4) is 0 Å². The van der Waals surface area contributed by atoms with Crippen molar-refractivity contribution < 1.29 is 4.74 Å². The Morgan fingerprint density at radius 1 is 1.09 bits per heavy atom. The molecule has 0 saturated heterocycles. The average Bonchev–Trinajstić information content (AvgIpc) is 2.80. The van der Waals surface area contributed by atoms with E-state index in [1.54, 1.807) is 17.8 Å². The molecule has 0 fully saturated rings. The number of hydrogen-bond donors (Lipinski definition) is 2. The van der Waals surface area contributed by atoms with Crippen LogP contribution in [-0.4, -0.2) is 22.2 Å². The zero-order valence-electron chi connectivity index (χ0n) is 19.8. The highest BCUT2D eigenvalue weighted by atomic mass is 16.5. The van der Waals surface area contributed by atoms with Crippen molar-refractivity contribution in [3.8, 4) is 5.75 Å². The van der Waals surface area contributed by atoms with Crippen molar-refractivity contribution >= 4 is 27.5 Å². The van der Waals surface area contributed by atoms with Gasteiger partial charge in [-0.05, 0) is 43.0 Å². The standard InChI is InChI=1S/C27H32N4O2/c1-17(2)13-20(28)16-33-21-9-10-22-23-11-12-29-26(25(23)27(32)31(4)24(22)14-21)30-15-19-7-5-18(3)6-8-19/h5-12,14,17,20H,13,15-16,28H2,1-4H3,(H,29,30)/t20-/m0/s1. The van der Waals surface area contributed by atoms with Crippen molar-refractivity contribution in [2.24, 2.45) is 18.7 Å². The fraction of sp³-hybridized carbons (Fsp3) is 0.333. The molecule has 0 unspecified atom stereocenters. The van der Waals surface area contributed by atoms with Gasteiger partial charge < -0.3 is 20.4 Å². The van der Waals surface area contributed by atoms with E-state index in [1.807, 2.05) is 24.3 Å². The third-order valence-corrected chi connectivity index (χ3v) is 5.91. The molecule has 0 aliphatic heterocycles. The predicted molar refractivity (Wildman–Crippen MR) is 136 cm³/mol. The summed E-state index contributed by atoms with van der Waals surface area (Å²) < 4.78 is 7.60. The van der Waals surface area contributed by atoms with Gasteiger partial charge in [0.2, 0.25) is 0 Å². The summed E-state index contributed by atoms with van der Waals surface area (Å²) in [6.07, 6.45) is 2.65. The van der Waals surface area contributed by atoms with E-state index >= 15 is 0 Å². The van der Waals surface area contributed by atoms with E-state index < -0.39 is 0 Å². The van der Waals surface area contributed by atoms with Crippen LogP contribution in [0, 0.1) is 12.8 Å². The zero-order valence-corrected chi connectivity index (χ0v) is 19.8. The van der Waals surface area contributed by atoms with Crippen molar-refractivity contribution in [2.45, 2.75) is 39.8 Å². The molecule has 0 saturated carbocycles. The maximum atomic E-state index is 13.3. The van der Waals surface area contributed by atoms with Crippen molar-refractivity contribution in [2.75, 3.05) is 11.9 Å². The lowest BCUT2D eigenvalue weighted by Crippen LogP contribution is -2.29. The van der Waals surface area contributed by atoms with Gasteiger partial charge in [0.25, 0.3) is 5.56 Å². The average molecular weight is 445 g/mol. The second-order valence-corrected chi connectivity index (χ2v) is 9.17. The summed E-state index contributed by atoms with van der Waals surface area (Å²) in [6.45, 7) is 7.40. The van der Waals surface area contributed by atoms with Crippen LogP contribution in [0.2, 0.25) is 0 Å². The molecule has 33 heavy (non-hydrogen) atoms. The summed E-state index contributed by atoms with van der Waals surface area (Å²) in [5.74, 6) is 1.83. The van der Waals surface area contributed by atoms with Crippen LogP contribution in [0.15, 0.2) is 59.5 Å². The van der Waals surface area contributed by atoms with Crippen molar-refractivity contribution in [1.82, 2.24) is 9.55 Å². The first-order valence-electron chi connectivity index (χ1n) is 11.4. The maximum absolute atomic E-state index is 13.3. The Balaban J connectivity index is 1.67. The van der Waals surface area contributed by atoms with E-state index in [1.165, 1.54) is 5.56 Å². The third kappa shape index (κ3) is 5.01. The molecule has 0 amide bonds. The number of fused-ring (bicyclic) bond motifs is 3. The number of ether oxygens (including phenoxy) is 1. The molecular formula is C27H32N4O2. The highest BCUT2D eigenvalue weighted by molar-refractivity contribution is 6.09. The number of aryl methyl sites for hydroxylation is 2. The molecule has 2 aromatic carbocycles. The van der Waals surface area contributed by atoms with Gasteiger partial charge >= 0.3 is 0 Å². The van der Waals surface area contributed by atoms with Gasteiger partial charge in [0.05, 0.1) is 10.9 Å². The van der Waals surface area contributed by atoms with E-state index in [-0.39, 0.29) is 11.6 Å². The minimum atomic E-state index is -0.0920. The van der Waals surface area contributed by atoms with Crippen LogP contribution >= 0.6 is 0 Å². The van der Waals surface area contributed by atoms with E-state index in [9.17, 15) is 4.79 Å². The summed E-state index contributed by atoms with van der Waals surface area (Å²) >= 11 is 0. The molecule has 4 aromatic rings. The van der Waals surface area contributed by atoms with Gasteiger partial charge in [0.1, 0.15) is 18.2 Å². The number of hydrogen-bond acceptors (Lipinski definition) is 5. The van der Waals surface area contributed by atoms with Crippen molar-refractivity contribution in [1.29, 1.82) is 0 Å². The molecule has 172 valence electrons. The van der Waals surface area contributed by atoms with Crippen molar-refractivity contribution in [3.63, 3.8) is 0 Å². The Kier molecular flexibility index (Phi) is 6.65. The topological polar surface area (TPSA) is 82.2 Å². The number of benzene rings is 2. The fourth-order valence-corrected chi connectivity index (χ4v) is 4.19. The zero-order chi connectivity index (χ0) is 23.5. The molecule has 0 radical (unpaired) electrons. The minimum absolute atomic E-state index is 0.0191. The first kappa shape index (κ1) is 22.8. The van der Waals surface area contributed by atoms with Gasteiger partial charge in [0.15, 0.2) is 0 Å². The number of nitrogens with two attached hydrogens (primary N) is 1. The van der Waals surface area contributed by atoms with Crippen LogP contribution in [0.1, 0.15) is 31.4 Å². The van der Waals surface area contributed by atoms with Gasteiger partial charge in [-0.25, -0.2) is 4.98 Å². The lowest BCUT2D eigenvalue weighted by atomic mass is 10.1. The Hall–Kier alpha value is -3.38. The maximum Gasteiger partial charge on any atom is 0.262 e. The molecule has 2 aromatic heterocycles. The molecule has 0 bridgehead atoms. The lowest BCUT2D eigenvalue weighted by Gasteiger charge is -2.17. The lowest BCUT2D eigenvalue weighted by molar-refractivity contribution is 0.271. The highest BCUT2D eigenvalue weighted by Gasteiger charge is 2.14. The normalized spacial score (nSPS) is 12.4. The van der Waals surface area contributed by atoms with E-state index in [0.29, 0.717) is 36.0 Å². The molecule has 6 nitrogen and oxygen atoms in total. The van der Waals surface area contributed by atoms with Gasteiger partial charge in [-0.1, -0.05) is 43.7 Å². The van der Waals surface area contributed by atoms with Crippen LogP contribution in [0.4, 0.5) is 5.82 Å². The SMILES string of the molecule is Cc1ccc(CNc2nccc3c2c(=O)n(C)c2cc(OC[C@@H](N)CC(C)C)ccc32)cc1. The smallest absolute Gasteiger partial charge is 0.262 e. The van der Waals surface area contributed by atoms with E-state index in [2.05, 4.69) is 55.3 Å². The van der Waals surface area contributed by atoms with Crippen LogP contribution < -0.4 is 21.3 Å². The Labute approximate surface area is 194 Å². The summed E-state index contributed by atoms with van der Waals surface area (Å²) in [7, 11) is 1.79. The fourth-order valence-electron chi connectivity index (χ4n) is 4.19. The predicted octanol–water partition coefficient (Wildman–Crippen LogP) is 4.76. The summed E-state index contributed by atoms with van der Waals surface area (Å²) in [4.78, 5) is 17.8. The highest BCUT2D eigenvalue weighted by Crippen LogP contribution is 2.29. The molecule has 0 aliphatic rings. The monoisotopic (exact) mass is 444 g/mol. The van der Waals surface area contributed by atoms with E-state index in [0.717, 1.165) is 28.3 Å². The first-order valence-corrected chi connectivity index (χ1v) is 11.4. The molecule has 1 atom stereocenters. The van der Waals surface area contributed by atoms with Gasteiger partial charge in [-0.2, -0.15) is 0 Å². The van der Waals surface area contributed by atoms with Gasteiger partial charge in [-0.3, -0.25) is 4.79 Å². The van der Waals surface area contributed by atoms with Gasteiger partial charge in [-0.15, -0.1) is 0 Å². The number of rotatable bonds is 8. The Bertz CT molecular complexity index is 1330. The number of aromatic nitrogens is 2. The number of nitrogens with one attached hydrogen (secondary N) is 1.